The van der Waals surface area contributed by atoms with E-state index in [0.717, 1.165) is 73.4 Å². The van der Waals surface area contributed by atoms with Gasteiger partial charge in [0.2, 0.25) is 5.91 Å². The highest BCUT2D eigenvalue weighted by molar-refractivity contribution is 6.76. The summed E-state index contributed by atoms with van der Waals surface area (Å²) >= 11 is 7.01. The average molecular weight is 602 g/mol. The molecule has 9 nitrogen and oxygen atoms in total. The van der Waals surface area contributed by atoms with Crippen LogP contribution in [0.15, 0.2) is 18.3 Å². The average Bonchev–Trinajstić information content (AvgIpc) is 3.20. The Morgan fingerprint density at radius 2 is 1.83 bits per heavy atom. The summed E-state index contributed by atoms with van der Waals surface area (Å²) < 4.78 is 13.4. The number of nitrogens with zero attached hydrogens (tertiary/aromatic N) is 5. The SMILES string of the molecule is CN1C(=O)CCc2c1ccc(-c1nn(COCC[Si](C)(C)C)cc1CN1CC3(C1)CN(C(=O)OC(C)(C)C)C3)c2Cl. The molecule has 3 aliphatic rings. The molecule has 2 fully saturated rings. The number of likely N-dealkylation sites (tertiary alicyclic amines) is 2. The number of halogens is 1. The summed E-state index contributed by atoms with van der Waals surface area (Å²) in [5, 5.41) is 5.62. The lowest BCUT2D eigenvalue weighted by atomic mass is 9.73. The van der Waals surface area contributed by atoms with Crippen LogP contribution in [-0.4, -0.2) is 85.1 Å². The fraction of sp³-hybridized carbons (Fsp3) is 0.633. The van der Waals surface area contributed by atoms with Crippen LogP contribution in [0.4, 0.5) is 10.5 Å². The normalized spacial score (nSPS) is 18.8. The first-order chi connectivity index (χ1) is 19.1. The van der Waals surface area contributed by atoms with Crippen molar-refractivity contribution in [3.63, 3.8) is 0 Å². The molecule has 0 bridgehead atoms. The van der Waals surface area contributed by atoms with Gasteiger partial charge in [-0.05, 0) is 50.9 Å². The first-order valence-corrected chi connectivity index (χ1v) is 18.6. The molecule has 1 aromatic heterocycles. The Morgan fingerprint density at radius 3 is 2.49 bits per heavy atom. The fourth-order valence-corrected chi connectivity index (χ4v) is 7.06. The molecule has 0 aliphatic carbocycles. The van der Waals surface area contributed by atoms with Crippen molar-refractivity contribution in [2.24, 2.45) is 5.41 Å². The van der Waals surface area contributed by atoms with Crippen molar-refractivity contribution >= 4 is 37.4 Å². The van der Waals surface area contributed by atoms with E-state index in [2.05, 4.69) is 30.7 Å². The molecular weight excluding hydrogens is 558 g/mol. The zero-order valence-electron chi connectivity index (χ0n) is 25.6. The predicted molar refractivity (Wildman–Crippen MR) is 164 cm³/mol. The van der Waals surface area contributed by atoms with E-state index in [9.17, 15) is 9.59 Å². The highest BCUT2D eigenvalue weighted by atomic mass is 35.5. The Morgan fingerprint density at radius 1 is 1.12 bits per heavy atom. The van der Waals surface area contributed by atoms with Gasteiger partial charge in [0.15, 0.2) is 0 Å². The van der Waals surface area contributed by atoms with Crippen molar-refractivity contribution in [1.82, 2.24) is 19.6 Å². The van der Waals surface area contributed by atoms with Crippen LogP contribution in [0.3, 0.4) is 0 Å². The molecule has 0 atom stereocenters. The molecule has 41 heavy (non-hydrogen) atoms. The fourth-order valence-electron chi connectivity index (χ4n) is 5.96. The molecule has 1 aromatic carbocycles. The minimum absolute atomic E-state index is 0.106. The molecule has 224 valence electrons. The Balaban J connectivity index is 1.30. The number of benzene rings is 1. The van der Waals surface area contributed by atoms with Crippen LogP contribution in [0.25, 0.3) is 11.3 Å². The summed E-state index contributed by atoms with van der Waals surface area (Å²) in [6.07, 6.45) is 2.93. The van der Waals surface area contributed by atoms with E-state index in [1.165, 1.54) is 0 Å². The molecule has 0 radical (unpaired) electrons. The van der Waals surface area contributed by atoms with Crippen LogP contribution < -0.4 is 4.90 Å². The number of carbonyl (C=O) groups is 2. The summed E-state index contributed by atoms with van der Waals surface area (Å²) in [5.41, 5.74) is 4.37. The number of anilines is 1. The third-order valence-corrected chi connectivity index (χ3v) is 10.2. The number of amides is 2. The smallest absolute Gasteiger partial charge is 0.410 e. The van der Waals surface area contributed by atoms with E-state index in [1.54, 1.807) is 16.8 Å². The highest BCUT2D eigenvalue weighted by Crippen LogP contribution is 2.43. The Kier molecular flexibility index (Phi) is 8.08. The Bertz CT molecular complexity index is 1320. The van der Waals surface area contributed by atoms with Crippen LogP contribution in [0.1, 0.15) is 38.3 Å². The van der Waals surface area contributed by atoms with Gasteiger partial charge < -0.3 is 19.3 Å². The topological polar surface area (TPSA) is 80.1 Å². The van der Waals surface area contributed by atoms with Gasteiger partial charge in [-0.2, -0.15) is 5.10 Å². The number of hydrogen-bond acceptors (Lipinski definition) is 6. The third kappa shape index (κ3) is 6.66. The van der Waals surface area contributed by atoms with Gasteiger partial charge in [-0.3, -0.25) is 9.69 Å². The minimum Gasteiger partial charge on any atom is -0.444 e. The Labute approximate surface area is 249 Å². The second kappa shape index (κ2) is 11.0. The second-order valence-electron chi connectivity index (χ2n) is 14.2. The van der Waals surface area contributed by atoms with Crippen molar-refractivity contribution in [3.8, 4) is 11.3 Å². The number of rotatable bonds is 8. The lowest BCUT2D eigenvalue weighted by Gasteiger charge is -2.60. The number of carbonyl (C=O) groups excluding carboxylic acids is 2. The summed E-state index contributed by atoms with van der Waals surface area (Å²) in [4.78, 5) is 30.6. The van der Waals surface area contributed by atoms with Gasteiger partial charge in [0.05, 0.1) is 10.7 Å². The van der Waals surface area contributed by atoms with Crippen LogP contribution in [0, 0.1) is 5.41 Å². The summed E-state index contributed by atoms with van der Waals surface area (Å²) in [6.45, 7) is 17.9. The predicted octanol–water partition coefficient (Wildman–Crippen LogP) is 5.48. The van der Waals surface area contributed by atoms with Gasteiger partial charge in [0.25, 0.3) is 0 Å². The van der Waals surface area contributed by atoms with Gasteiger partial charge in [-0.15, -0.1) is 0 Å². The van der Waals surface area contributed by atoms with Crippen LogP contribution in [-0.2, 0) is 34.0 Å². The van der Waals surface area contributed by atoms with E-state index in [1.807, 2.05) is 37.6 Å². The quantitative estimate of drug-likeness (QED) is 0.295. The molecular formula is C30H44ClN5O4Si. The van der Waals surface area contributed by atoms with Gasteiger partial charge >= 0.3 is 6.09 Å². The molecule has 3 aliphatic heterocycles. The number of aromatic nitrogens is 2. The molecule has 4 heterocycles. The van der Waals surface area contributed by atoms with Gasteiger partial charge in [0, 0.05) is 89.3 Å². The summed E-state index contributed by atoms with van der Waals surface area (Å²) in [7, 11) is 0.624. The van der Waals surface area contributed by atoms with Gasteiger partial charge in [0.1, 0.15) is 12.3 Å². The molecule has 2 saturated heterocycles. The lowest BCUT2D eigenvalue weighted by Crippen LogP contribution is -2.72. The summed E-state index contributed by atoms with van der Waals surface area (Å²) in [5.74, 6) is 0.106. The van der Waals surface area contributed by atoms with Crippen molar-refractivity contribution in [1.29, 1.82) is 0 Å². The van der Waals surface area contributed by atoms with Crippen molar-refractivity contribution in [2.75, 3.05) is 44.7 Å². The van der Waals surface area contributed by atoms with Gasteiger partial charge in [-0.1, -0.05) is 31.2 Å². The van der Waals surface area contributed by atoms with Crippen LogP contribution in [0.2, 0.25) is 30.7 Å². The molecule has 0 saturated carbocycles. The molecule has 5 rings (SSSR count). The number of hydrogen-bond donors (Lipinski definition) is 0. The lowest BCUT2D eigenvalue weighted by molar-refractivity contribution is -0.118. The molecule has 2 aromatic rings. The number of fused-ring (bicyclic) bond motifs is 1. The molecule has 1 spiro atoms. The monoisotopic (exact) mass is 601 g/mol. The highest BCUT2D eigenvalue weighted by Gasteiger charge is 2.53. The standard InChI is InChI=1S/C30H44ClN5O4Si/c1-29(2,3)40-28(38)35-18-30(19-35)16-34(17-30)14-21-15-36(20-39-12-13-41(5,6)7)32-27(21)23-8-10-24-22(26(23)31)9-11-25(37)33(24)4/h8,10,15H,9,11-14,16-20H2,1-7H3. The maximum absolute atomic E-state index is 12.4. The van der Waals surface area contributed by atoms with Gasteiger partial charge in [-0.25, -0.2) is 9.48 Å². The maximum atomic E-state index is 12.4. The molecule has 11 heteroatoms. The third-order valence-electron chi connectivity index (χ3n) is 8.07. The van der Waals surface area contributed by atoms with E-state index in [0.29, 0.717) is 24.6 Å². The van der Waals surface area contributed by atoms with E-state index < -0.39 is 13.7 Å². The largest absolute Gasteiger partial charge is 0.444 e. The second-order valence-corrected chi connectivity index (χ2v) is 20.2. The zero-order chi connectivity index (χ0) is 29.7. The molecule has 0 unspecified atom stereocenters. The zero-order valence-corrected chi connectivity index (χ0v) is 27.3. The first-order valence-electron chi connectivity index (χ1n) is 14.6. The van der Waals surface area contributed by atoms with Crippen molar-refractivity contribution in [2.45, 2.75) is 78.2 Å². The first kappa shape index (κ1) is 30.1. The molecule has 0 N–H and O–H groups in total. The minimum atomic E-state index is -1.18. The van der Waals surface area contributed by atoms with Crippen molar-refractivity contribution in [3.05, 3.63) is 34.5 Å². The number of ether oxygens (including phenoxy) is 2. The molecule has 2 amide bonds. The van der Waals surface area contributed by atoms with E-state index >= 15 is 0 Å². The Hall–Kier alpha value is -2.40. The summed E-state index contributed by atoms with van der Waals surface area (Å²) in [6, 6.07) is 5.08. The maximum Gasteiger partial charge on any atom is 0.410 e. The van der Waals surface area contributed by atoms with Crippen LogP contribution in [0.5, 0.6) is 0 Å². The van der Waals surface area contributed by atoms with Crippen LogP contribution >= 0.6 is 11.6 Å². The van der Waals surface area contributed by atoms with E-state index in [4.69, 9.17) is 26.2 Å². The van der Waals surface area contributed by atoms with E-state index in [-0.39, 0.29) is 17.4 Å². The van der Waals surface area contributed by atoms with Crippen molar-refractivity contribution < 1.29 is 19.1 Å².